The second-order valence-corrected chi connectivity index (χ2v) is 6.35. The molecule has 0 radical (unpaired) electrons. The molecule has 128 valence electrons. The first-order valence-electron chi connectivity index (χ1n) is 7.65. The van der Waals surface area contributed by atoms with E-state index in [1.807, 2.05) is 24.3 Å². The highest BCUT2D eigenvalue weighted by molar-refractivity contribution is 7.99. The molecule has 6 nitrogen and oxygen atoms in total. The molecule has 2 aromatic carbocycles. The van der Waals surface area contributed by atoms with Gasteiger partial charge in [-0.2, -0.15) is 5.26 Å². The van der Waals surface area contributed by atoms with Gasteiger partial charge in [0.1, 0.15) is 18.1 Å². The number of hydrogen-bond donors (Lipinski definition) is 2. The van der Waals surface area contributed by atoms with E-state index >= 15 is 0 Å². The van der Waals surface area contributed by atoms with E-state index in [4.69, 9.17) is 14.7 Å². The van der Waals surface area contributed by atoms with Crippen LogP contribution in [0.25, 0.3) is 11.0 Å². The van der Waals surface area contributed by atoms with Crippen LogP contribution in [-0.4, -0.2) is 40.6 Å². The molecule has 0 saturated heterocycles. The Labute approximate surface area is 149 Å². The third-order valence-electron chi connectivity index (χ3n) is 3.51. The Bertz CT molecular complexity index is 887. The molecule has 0 fully saturated rings. The summed E-state index contributed by atoms with van der Waals surface area (Å²) < 4.78 is 10.7. The molecule has 3 aromatic rings. The molecule has 3 rings (SSSR count). The first-order valence-corrected chi connectivity index (χ1v) is 8.64. The van der Waals surface area contributed by atoms with Gasteiger partial charge in [0.15, 0.2) is 5.16 Å². The minimum absolute atomic E-state index is 0.174. The van der Waals surface area contributed by atoms with E-state index in [1.165, 1.54) is 11.8 Å². The standard InChI is InChI=1S/C18H17N3O3S/c1-23-15-6-7-16-17(8-15)21-18(20-16)25-11-13(22)10-24-14-4-2-12(9-19)3-5-14/h2-8,13,22H,10-11H2,1H3,(H,20,21). The Morgan fingerprint density at radius 1 is 1.24 bits per heavy atom. The summed E-state index contributed by atoms with van der Waals surface area (Å²) in [6, 6.07) is 14.5. The van der Waals surface area contributed by atoms with Crippen molar-refractivity contribution in [3.05, 3.63) is 48.0 Å². The number of rotatable bonds is 7. The Balaban J connectivity index is 1.51. The fourth-order valence-electron chi connectivity index (χ4n) is 2.20. The number of imidazole rings is 1. The first kappa shape index (κ1) is 17.1. The topological polar surface area (TPSA) is 91.2 Å². The van der Waals surface area contributed by atoms with Crippen molar-refractivity contribution in [1.82, 2.24) is 9.97 Å². The second-order valence-electron chi connectivity index (χ2n) is 5.34. The molecule has 0 bridgehead atoms. The number of aliphatic hydroxyl groups excluding tert-OH is 1. The Morgan fingerprint density at radius 3 is 2.72 bits per heavy atom. The second kappa shape index (κ2) is 7.92. The van der Waals surface area contributed by atoms with Crippen molar-refractivity contribution in [2.75, 3.05) is 19.5 Å². The molecule has 7 heteroatoms. The highest BCUT2D eigenvalue weighted by atomic mass is 32.2. The number of aromatic amines is 1. The molecule has 0 amide bonds. The number of hydrogen-bond acceptors (Lipinski definition) is 6. The number of benzene rings is 2. The molecule has 1 aromatic heterocycles. The average molecular weight is 355 g/mol. The van der Waals surface area contributed by atoms with E-state index in [2.05, 4.69) is 9.97 Å². The van der Waals surface area contributed by atoms with Gasteiger partial charge in [0, 0.05) is 11.8 Å². The van der Waals surface area contributed by atoms with E-state index in [0.29, 0.717) is 17.1 Å². The smallest absolute Gasteiger partial charge is 0.166 e. The predicted octanol–water partition coefficient (Wildman–Crippen LogP) is 2.98. The van der Waals surface area contributed by atoms with Crippen molar-refractivity contribution in [3.63, 3.8) is 0 Å². The highest BCUT2D eigenvalue weighted by Crippen LogP contribution is 2.23. The van der Waals surface area contributed by atoms with E-state index in [-0.39, 0.29) is 6.61 Å². The molecular formula is C18H17N3O3S. The zero-order chi connectivity index (χ0) is 17.6. The zero-order valence-electron chi connectivity index (χ0n) is 13.6. The van der Waals surface area contributed by atoms with Crippen LogP contribution >= 0.6 is 11.8 Å². The third-order valence-corrected chi connectivity index (χ3v) is 4.52. The number of H-pyrrole nitrogens is 1. The van der Waals surface area contributed by atoms with Crippen molar-refractivity contribution in [1.29, 1.82) is 5.26 Å². The van der Waals surface area contributed by atoms with E-state index in [1.54, 1.807) is 31.4 Å². The van der Waals surface area contributed by atoms with Crippen molar-refractivity contribution >= 4 is 22.8 Å². The fourth-order valence-corrected chi connectivity index (χ4v) is 2.99. The number of nitrogens with one attached hydrogen (secondary N) is 1. The van der Waals surface area contributed by atoms with Crippen LogP contribution in [0.5, 0.6) is 11.5 Å². The molecule has 1 unspecified atom stereocenters. The van der Waals surface area contributed by atoms with E-state index < -0.39 is 6.10 Å². The Hall–Kier alpha value is -2.69. The van der Waals surface area contributed by atoms with E-state index in [0.717, 1.165) is 21.9 Å². The molecule has 0 aliphatic rings. The first-order chi connectivity index (χ1) is 12.2. The van der Waals surface area contributed by atoms with Gasteiger partial charge in [-0.15, -0.1) is 0 Å². The number of nitriles is 1. The lowest BCUT2D eigenvalue weighted by molar-refractivity contribution is 0.126. The largest absolute Gasteiger partial charge is 0.497 e. The van der Waals surface area contributed by atoms with Crippen LogP contribution in [0, 0.1) is 11.3 Å². The van der Waals surface area contributed by atoms with Crippen molar-refractivity contribution < 1.29 is 14.6 Å². The summed E-state index contributed by atoms with van der Waals surface area (Å²) in [6.45, 7) is 0.174. The molecule has 1 atom stereocenters. The number of methoxy groups -OCH3 is 1. The Kier molecular flexibility index (Phi) is 5.43. The number of aliphatic hydroxyl groups is 1. The number of thioether (sulfide) groups is 1. The van der Waals surface area contributed by atoms with Crippen LogP contribution in [-0.2, 0) is 0 Å². The molecule has 0 saturated carbocycles. The lowest BCUT2D eigenvalue weighted by Crippen LogP contribution is -2.20. The van der Waals surface area contributed by atoms with Crippen molar-refractivity contribution in [2.45, 2.75) is 11.3 Å². The lowest BCUT2D eigenvalue weighted by Gasteiger charge is -2.11. The molecule has 2 N–H and O–H groups in total. The summed E-state index contributed by atoms with van der Waals surface area (Å²) in [5.41, 5.74) is 2.32. The van der Waals surface area contributed by atoms with E-state index in [9.17, 15) is 5.11 Å². The van der Waals surface area contributed by atoms with Gasteiger partial charge in [-0.3, -0.25) is 0 Å². The van der Waals surface area contributed by atoms with Gasteiger partial charge in [-0.25, -0.2) is 4.98 Å². The van der Waals surface area contributed by atoms with Gasteiger partial charge in [-0.1, -0.05) is 11.8 Å². The summed E-state index contributed by atoms with van der Waals surface area (Å²) in [5, 5.41) is 19.6. The quantitative estimate of drug-likeness (QED) is 0.633. The summed E-state index contributed by atoms with van der Waals surface area (Å²) in [6.07, 6.45) is -0.636. The minimum Gasteiger partial charge on any atom is -0.497 e. The maximum Gasteiger partial charge on any atom is 0.166 e. The van der Waals surface area contributed by atoms with Gasteiger partial charge in [0.25, 0.3) is 0 Å². The number of nitrogens with zero attached hydrogens (tertiary/aromatic N) is 2. The number of ether oxygens (including phenoxy) is 2. The predicted molar refractivity (Wildman–Crippen MR) is 96.0 cm³/mol. The fraction of sp³-hybridized carbons (Fsp3) is 0.222. The maximum atomic E-state index is 10.1. The zero-order valence-corrected chi connectivity index (χ0v) is 14.4. The number of fused-ring (bicyclic) bond motifs is 1. The summed E-state index contributed by atoms with van der Waals surface area (Å²) in [5.74, 6) is 1.84. The SMILES string of the molecule is COc1ccc2nc(SCC(O)COc3ccc(C#N)cc3)[nH]c2c1. The molecule has 1 heterocycles. The normalized spacial score (nSPS) is 11.9. The third kappa shape index (κ3) is 4.44. The van der Waals surface area contributed by atoms with Crippen LogP contribution in [0.2, 0.25) is 0 Å². The monoisotopic (exact) mass is 355 g/mol. The summed E-state index contributed by atoms with van der Waals surface area (Å²) >= 11 is 1.43. The number of aromatic nitrogens is 2. The molecule has 0 aliphatic carbocycles. The maximum absolute atomic E-state index is 10.1. The lowest BCUT2D eigenvalue weighted by atomic mass is 10.2. The summed E-state index contributed by atoms with van der Waals surface area (Å²) in [4.78, 5) is 7.67. The molecular weight excluding hydrogens is 338 g/mol. The van der Waals surface area contributed by atoms with Crippen molar-refractivity contribution in [2.24, 2.45) is 0 Å². The summed E-state index contributed by atoms with van der Waals surface area (Å²) in [7, 11) is 1.62. The minimum atomic E-state index is -0.636. The average Bonchev–Trinajstić information content (AvgIpc) is 3.07. The van der Waals surface area contributed by atoms with Crippen LogP contribution in [0.3, 0.4) is 0 Å². The van der Waals surface area contributed by atoms with Gasteiger partial charge in [0.05, 0.1) is 35.9 Å². The highest BCUT2D eigenvalue weighted by Gasteiger charge is 2.10. The van der Waals surface area contributed by atoms with Crippen LogP contribution in [0.4, 0.5) is 0 Å². The van der Waals surface area contributed by atoms with Crippen LogP contribution in [0.15, 0.2) is 47.6 Å². The molecule has 0 aliphatic heterocycles. The van der Waals surface area contributed by atoms with Gasteiger partial charge in [0.2, 0.25) is 0 Å². The molecule has 25 heavy (non-hydrogen) atoms. The van der Waals surface area contributed by atoms with Gasteiger partial charge >= 0.3 is 0 Å². The molecule has 0 spiro atoms. The van der Waals surface area contributed by atoms with Crippen LogP contribution in [0.1, 0.15) is 5.56 Å². The van der Waals surface area contributed by atoms with Crippen LogP contribution < -0.4 is 9.47 Å². The van der Waals surface area contributed by atoms with Gasteiger partial charge in [-0.05, 0) is 36.4 Å². The Morgan fingerprint density at radius 2 is 2.00 bits per heavy atom. The van der Waals surface area contributed by atoms with Crippen molar-refractivity contribution in [3.8, 4) is 17.6 Å². The van der Waals surface area contributed by atoms with Gasteiger partial charge < -0.3 is 19.6 Å².